The zero-order valence-electron chi connectivity index (χ0n) is 15.9. The normalized spacial score (nSPS) is 10.8. The molecule has 0 atom stereocenters. The summed E-state index contributed by atoms with van der Waals surface area (Å²) < 4.78 is 18.7. The number of hydrogen-bond acceptors (Lipinski definition) is 4. The predicted octanol–water partition coefficient (Wildman–Crippen LogP) is 3.05. The topological polar surface area (TPSA) is 75.3 Å². The molecule has 0 spiro atoms. The second-order valence-corrected chi connectivity index (χ2v) is 6.60. The van der Waals surface area contributed by atoms with E-state index in [4.69, 9.17) is 4.74 Å². The SMILES string of the molecule is COc1ccc(CN(C)C(=O)CCCc2nc3ccccc3c(=O)[nH]2)cc1F. The van der Waals surface area contributed by atoms with Gasteiger partial charge in [-0.15, -0.1) is 0 Å². The van der Waals surface area contributed by atoms with Crippen molar-refractivity contribution in [2.24, 2.45) is 0 Å². The highest BCUT2D eigenvalue weighted by atomic mass is 19.1. The summed E-state index contributed by atoms with van der Waals surface area (Å²) in [4.78, 5) is 33.2. The van der Waals surface area contributed by atoms with Crippen molar-refractivity contribution in [3.63, 3.8) is 0 Å². The third-order valence-corrected chi connectivity index (χ3v) is 4.53. The number of ether oxygens (including phenoxy) is 1. The molecule has 0 bridgehead atoms. The highest BCUT2D eigenvalue weighted by Gasteiger charge is 2.12. The third-order valence-electron chi connectivity index (χ3n) is 4.53. The molecule has 1 amide bonds. The minimum atomic E-state index is -0.452. The van der Waals surface area contributed by atoms with Crippen molar-refractivity contribution in [1.29, 1.82) is 0 Å². The maximum absolute atomic E-state index is 13.8. The largest absolute Gasteiger partial charge is 0.494 e. The fraction of sp³-hybridized carbons (Fsp3) is 0.286. The molecule has 1 heterocycles. The van der Waals surface area contributed by atoms with Gasteiger partial charge in [-0.1, -0.05) is 18.2 Å². The van der Waals surface area contributed by atoms with Crippen LogP contribution in [-0.4, -0.2) is 34.9 Å². The van der Waals surface area contributed by atoms with Crippen LogP contribution in [0.4, 0.5) is 4.39 Å². The van der Waals surface area contributed by atoms with Crippen LogP contribution < -0.4 is 10.3 Å². The van der Waals surface area contributed by atoms with E-state index in [1.165, 1.54) is 13.2 Å². The van der Waals surface area contributed by atoms with E-state index in [-0.39, 0.29) is 17.2 Å². The number of nitrogens with zero attached hydrogens (tertiary/aromatic N) is 2. The number of rotatable bonds is 7. The molecule has 28 heavy (non-hydrogen) atoms. The summed E-state index contributed by atoms with van der Waals surface area (Å²) in [6, 6.07) is 11.8. The van der Waals surface area contributed by atoms with Gasteiger partial charge in [0, 0.05) is 26.4 Å². The fourth-order valence-corrected chi connectivity index (χ4v) is 3.02. The summed E-state index contributed by atoms with van der Waals surface area (Å²) in [7, 11) is 3.09. The summed E-state index contributed by atoms with van der Waals surface area (Å²) in [5, 5.41) is 0.550. The highest BCUT2D eigenvalue weighted by Crippen LogP contribution is 2.18. The maximum Gasteiger partial charge on any atom is 0.258 e. The van der Waals surface area contributed by atoms with Crippen LogP contribution in [0.5, 0.6) is 5.75 Å². The third kappa shape index (κ3) is 4.54. The zero-order valence-corrected chi connectivity index (χ0v) is 15.9. The lowest BCUT2D eigenvalue weighted by Gasteiger charge is -2.17. The van der Waals surface area contributed by atoms with Gasteiger partial charge in [-0.25, -0.2) is 9.37 Å². The maximum atomic E-state index is 13.8. The number of aromatic amines is 1. The van der Waals surface area contributed by atoms with Gasteiger partial charge in [-0.05, 0) is 36.2 Å². The number of carbonyl (C=O) groups is 1. The first-order chi connectivity index (χ1) is 13.5. The monoisotopic (exact) mass is 383 g/mol. The molecule has 0 aliphatic carbocycles. The molecule has 1 N–H and O–H groups in total. The first kappa shape index (κ1) is 19.5. The molecule has 0 saturated heterocycles. The number of aryl methyl sites for hydroxylation is 1. The number of methoxy groups -OCH3 is 1. The summed E-state index contributed by atoms with van der Waals surface area (Å²) in [6.07, 6.45) is 1.36. The Morgan fingerprint density at radius 2 is 2.04 bits per heavy atom. The Morgan fingerprint density at radius 1 is 1.25 bits per heavy atom. The van der Waals surface area contributed by atoms with Crippen LogP contribution in [0.15, 0.2) is 47.3 Å². The number of benzene rings is 2. The average molecular weight is 383 g/mol. The van der Waals surface area contributed by atoms with E-state index >= 15 is 0 Å². The van der Waals surface area contributed by atoms with Gasteiger partial charge in [-0.2, -0.15) is 0 Å². The van der Waals surface area contributed by atoms with Crippen molar-refractivity contribution >= 4 is 16.8 Å². The molecule has 0 fully saturated rings. The standard InChI is InChI=1S/C21H22FN3O3/c1-25(13-14-10-11-18(28-2)16(22)12-14)20(26)9-5-8-19-23-17-7-4-3-6-15(17)21(27)24-19/h3-4,6-7,10-12H,5,8-9,13H2,1-2H3,(H,23,24,27). The first-order valence-corrected chi connectivity index (χ1v) is 9.02. The summed E-state index contributed by atoms with van der Waals surface area (Å²) in [5.41, 5.74) is 1.16. The van der Waals surface area contributed by atoms with Crippen LogP contribution in [0.25, 0.3) is 10.9 Å². The van der Waals surface area contributed by atoms with Crippen molar-refractivity contribution in [2.75, 3.05) is 14.2 Å². The summed E-state index contributed by atoms with van der Waals surface area (Å²) in [5.74, 6) is 0.234. The van der Waals surface area contributed by atoms with Gasteiger partial charge in [0.15, 0.2) is 11.6 Å². The second-order valence-electron chi connectivity index (χ2n) is 6.60. The van der Waals surface area contributed by atoms with Crippen LogP contribution in [0.3, 0.4) is 0 Å². The van der Waals surface area contributed by atoms with Gasteiger partial charge in [0.05, 0.1) is 18.0 Å². The Bertz CT molecular complexity index is 1050. The van der Waals surface area contributed by atoms with Crippen LogP contribution in [-0.2, 0) is 17.8 Å². The molecular formula is C21H22FN3O3. The smallest absolute Gasteiger partial charge is 0.258 e. The van der Waals surface area contributed by atoms with Gasteiger partial charge in [0.2, 0.25) is 5.91 Å². The van der Waals surface area contributed by atoms with Crippen molar-refractivity contribution < 1.29 is 13.9 Å². The Labute approximate surface area is 162 Å². The number of para-hydroxylation sites is 1. The van der Waals surface area contributed by atoms with Crippen LogP contribution in [0, 0.1) is 5.82 Å². The number of H-pyrrole nitrogens is 1. The molecule has 2 aromatic carbocycles. The zero-order chi connectivity index (χ0) is 20.1. The molecule has 0 aliphatic rings. The fourth-order valence-electron chi connectivity index (χ4n) is 3.02. The average Bonchev–Trinajstić information content (AvgIpc) is 2.68. The summed E-state index contributed by atoms with van der Waals surface area (Å²) in [6.45, 7) is 0.310. The van der Waals surface area contributed by atoms with Crippen molar-refractivity contribution in [1.82, 2.24) is 14.9 Å². The van der Waals surface area contributed by atoms with Gasteiger partial charge < -0.3 is 14.6 Å². The molecule has 3 rings (SSSR count). The Balaban J connectivity index is 1.55. The molecule has 0 aliphatic heterocycles. The van der Waals surface area contributed by atoms with E-state index in [0.717, 1.165) is 0 Å². The number of halogens is 1. The van der Waals surface area contributed by atoms with E-state index < -0.39 is 5.82 Å². The lowest BCUT2D eigenvalue weighted by Crippen LogP contribution is -2.26. The molecule has 1 aromatic heterocycles. The molecule has 6 nitrogen and oxygen atoms in total. The van der Waals surface area contributed by atoms with Gasteiger partial charge in [-0.3, -0.25) is 9.59 Å². The van der Waals surface area contributed by atoms with Crippen LogP contribution >= 0.6 is 0 Å². The van der Waals surface area contributed by atoms with Crippen molar-refractivity contribution in [3.05, 3.63) is 70.0 Å². The van der Waals surface area contributed by atoms with Crippen LogP contribution in [0.1, 0.15) is 24.2 Å². The Morgan fingerprint density at radius 3 is 2.79 bits per heavy atom. The molecule has 0 radical (unpaired) electrons. The number of aromatic nitrogens is 2. The molecule has 146 valence electrons. The Kier molecular flexibility index (Phi) is 6.03. The lowest BCUT2D eigenvalue weighted by molar-refractivity contribution is -0.130. The number of nitrogens with one attached hydrogen (secondary N) is 1. The van der Waals surface area contributed by atoms with Gasteiger partial charge in [0.25, 0.3) is 5.56 Å². The van der Waals surface area contributed by atoms with Gasteiger partial charge in [0.1, 0.15) is 5.82 Å². The van der Waals surface area contributed by atoms with Gasteiger partial charge >= 0.3 is 0 Å². The van der Waals surface area contributed by atoms with Crippen LogP contribution in [0.2, 0.25) is 0 Å². The number of hydrogen-bond donors (Lipinski definition) is 1. The van der Waals surface area contributed by atoms with E-state index in [1.807, 2.05) is 6.07 Å². The van der Waals surface area contributed by atoms with E-state index in [0.29, 0.717) is 48.1 Å². The van der Waals surface area contributed by atoms with Crippen molar-refractivity contribution in [2.45, 2.75) is 25.8 Å². The van der Waals surface area contributed by atoms with E-state index in [9.17, 15) is 14.0 Å². The minimum Gasteiger partial charge on any atom is -0.494 e. The first-order valence-electron chi connectivity index (χ1n) is 9.02. The lowest BCUT2D eigenvalue weighted by atomic mass is 10.1. The number of fused-ring (bicyclic) bond motifs is 1. The van der Waals surface area contributed by atoms with Crippen molar-refractivity contribution in [3.8, 4) is 5.75 Å². The van der Waals surface area contributed by atoms with E-state index in [1.54, 1.807) is 42.3 Å². The second kappa shape index (κ2) is 8.65. The van der Waals surface area contributed by atoms with E-state index in [2.05, 4.69) is 9.97 Å². The number of carbonyl (C=O) groups excluding carboxylic acids is 1. The molecule has 0 saturated carbocycles. The molecule has 7 heteroatoms. The minimum absolute atomic E-state index is 0.0561. The predicted molar refractivity (Wildman–Crippen MR) is 105 cm³/mol. The number of amides is 1. The Hall–Kier alpha value is -3.22. The quantitative estimate of drug-likeness (QED) is 0.680. The highest BCUT2D eigenvalue weighted by molar-refractivity contribution is 5.77. The molecular weight excluding hydrogens is 361 g/mol. The molecule has 3 aromatic rings. The molecule has 0 unspecified atom stereocenters. The summed E-state index contributed by atoms with van der Waals surface area (Å²) >= 11 is 0.